The van der Waals surface area contributed by atoms with Gasteiger partial charge in [0.05, 0.1) is 28.2 Å². The topological polar surface area (TPSA) is 114 Å². The van der Waals surface area contributed by atoms with Crippen LogP contribution in [0.15, 0.2) is 42.5 Å². The molecule has 0 bridgehead atoms. The number of benzene rings is 2. The number of nitrogens with zero attached hydrogens (tertiary/aromatic N) is 1. The lowest BCUT2D eigenvalue weighted by Crippen LogP contribution is -2.15. The van der Waals surface area contributed by atoms with E-state index in [9.17, 15) is 18.3 Å². The largest absolute Gasteiger partial charge is 0.478 e. The Kier molecular flexibility index (Phi) is 5.33. The highest BCUT2D eigenvalue weighted by Gasteiger charge is 2.18. The van der Waals surface area contributed by atoms with Crippen LogP contribution in [0.3, 0.4) is 0 Å². The van der Waals surface area contributed by atoms with Gasteiger partial charge >= 0.3 is 5.97 Å². The number of rotatable bonds is 7. The maximum absolute atomic E-state index is 11.9. The monoisotopic (exact) mass is 401 g/mol. The number of anilines is 2. The number of nitrogens with one attached hydrogen (secondary N) is 1. The van der Waals surface area contributed by atoms with Crippen molar-refractivity contribution in [1.82, 2.24) is 4.57 Å². The predicted octanol–water partition coefficient (Wildman–Crippen LogP) is 3.76. The zero-order valence-electron chi connectivity index (χ0n) is 15.8. The van der Waals surface area contributed by atoms with Crippen LogP contribution < -0.4 is 10.5 Å². The highest BCUT2D eigenvalue weighted by atomic mass is 32.2. The molecule has 0 fully saturated rings. The Morgan fingerprint density at radius 1 is 1.14 bits per heavy atom. The Hall–Kier alpha value is -3.00. The van der Waals surface area contributed by atoms with Gasteiger partial charge in [-0.05, 0) is 43.7 Å². The maximum Gasteiger partial charge on any atom is 0.335 e. The van der Waals surface area contributed by atoms with E-state index in [1.165, 1.54) is 6.07 Å². The van der Waals surface area contributed by atoms with Crippen LogP contribution >= 0.6 is 0 Å². The fraction of sp³-hybridized carbons (Fsp3) is 0.250. The average molecular weight is 401 g/mol. The molecule has 0 amide bonds. The second kappa shape index (κ2) is 7.55. The van der Waals surface area contributed by atoms with Crippen LogP contribution in [0, 0.1) is 0 Å². The average Bonchev–Trinajstić information content (AvgIpc) is 2.93. The molecule has 4 N–H and O–H groups in total. The summed E-state index contributed by atoms with van der Waals surface area (Å²) >= 11 is 0. The zero-order chi connectivity index (χ0) is 20.5. The van der Waals surface area contributed by atoms with Gasteiger partial charge in [-0.25, -0.2) is 13.2 Å². The first-order valence-electron chi connectivity index (χ1n) is 9.03. The number of aryl methyl sites for hydroxylation is 1. The van der Waals surface area contributed by atoms with Crippen molar-refractivity contribution in [1.29, 1.82) is 0 Å². The SMILES string of the molecule is CCCS(=O)(=O)Nc1ccc(-c2c(N)c3ccc(C(=O)O)cc3n2CC)cc1. The van der Waals surface area contributed by atoms with Crippen molar-refractivity contribution >= 4 is 38.3 Å². The second-order valence-electron chi connectivity index (χ2n) is 6.54. The first kappa shape index (κ1) is 19.8. The Labute approximate surface area is 163 Å². The van der Waals surface area contributed by atoms with E-state index in [1.807, 2.05) is 18.4 Å². The van der Waals surface area contributed by atoms with E-state index < -0.39 is 16.0 Å². The number of fused-ring (bicyclic) bond motifs is 1. The minimum absolute atomic E-state index is 0.0671. The molecule has 7 nitrogen and oxygen atoms in total. The first-order chi connectivity index (χ1) is 13.3. The minimum Gasteiger partial charge on any atom is -0.478 e. The summed E-state index contributed by atoms with van der Waals surface area (Å²) < 4.78 is 28.4. The Morgan fingerprint density at radius 2 is 1.82 bits per heavy atom. The lowest BCUT2D eigenvalue weighted by atomic mass is 10.1. The molecule has 0 spiro atoms. The van der Waals surface area contributed by atoms with E-state index in [2.05, 4.69) is 4.72 Å². The summed E-state index contributed by atoms with van der Waals surface area (Å²) in [6, 6.07) is 11.9. The van der Waals surface area contributed by atoms with Crippen LogP contribution in [0.1, 0.15) is 30.6 Å². The number of aromatic nitrogens is 1. The van der Waals surface area contributed by atoms with Crippen molar-refractivity contribution < 1.29 is 18.3 Å². The molecule has 1 heterocycles. The van der Waals surface area contributed by atoms with Gasteiger partial charge in [0.25, 0.3) is 0 Å². The van der Waals surface area contributed by atoms with Gasteiger partial charge in [-0.15, -0.1) is 0 Å². The molecule has 2 aromatic carbocycles. The summed E-state index contributed by atoms with van der Waals surface area (Å²) in [4.78, 5) is 11.3. The van der Waals surface area contributed by atoms with Crippen LogP contribution in [0.2, 0.25) is 0 Å². The number of nitrogen functional groups attached to an aromatic ring is 1. The number of aromatic carboxylic acids is 1. The molecular formula is C20H23N3O4S. The van der Waals surface area contributed by atoms with Crippen molar-refractivity contribution in [3.05, 3.63) is 48.0 Å². The summed E-state index contributed by atoms with van der Waals surface area (Å²) in [5, 5.41) is 10.1. The molecule has 0 aliphatic rings. The minimum atomic E-state index is -3.35. The third-order valence-corrected chi connectivity index (χ3v) is 6.06. The molecule has 0 unspecified atom stereocenters. The van der Waals surface area contributed by atoms with Crippen LogP contribution in [0.4, 0.5) is 11.4 Å². The van der Waals surface area contributed by atoms with Gasteiger partial charge in [-0.2, -0.15) is 0 Å². The molecule has 0 saturated carbocycles. The summed E-state index contributed by atoms with van der Waals surface area (Å²) in [6.07, 6.45) is 0.541. The standard InChI is InChI=1S/C20H23N3O4S/c1-3-11-28(26,27)22-15-8-5-13(6-9-15)19-18(21)16-10-7-14(20(24)25)12-17(16)23(19)4-2/h5-10,12,22H,3-4,11,21H2,1-2H3,(H,24,25). The van der Waals surface area contributed by atoms with E-state index in [0.717, 1.165) is 22.2 Å². The molecule has 0 aliphatic heterocycles. The van der Waals surface area contributed by atoms with Crippen LogP contribution in [0.25, 0.3) is 22.2 Å². The normalized spacial score (nSPS) is 11.6. The predicted molar refractivity (Wildman–Crippen MR) is 112 cm³/mol. The lowest BCUT2D eigenvalue weighted by molar-refractivity contribution is 0.0697. The summed E-state index contributed by atoms with van der Waals surface area (Å²) in [5.41, 5.74) is 9.98. The van der Waals surface area contributed by atoms with Crippen molar-refractivity contribution in [3.8, 4) is 11.3 Å². The molecule has 28 heavy (non-hydrogen) atoms. The lowest BCUT2D eigenvalue weighted by Gasteiger charge is -2.11. The molecule has 1 aromatic heterocycles. The fourth-order valence-corrected chi connectivity index (χ4v) is 4.48. The van der Waals surface area contributed by atoms with Crippen LogP contribution in [-0.4, -0.2) is 29.8 Å². The first-order valence-corrected chi connectivity index (χ1v) is 10.7. The van der Waals surface area contributed by atoms with Gasteiger partial charge in [0.15, 0.2) is 0 Å². The van der Waals surface area contributed by atoms with E-state index in [4.69, 9.17) is 5.73 Å². The van der Waals surface area contributed by atoms with E-state index in [1.54, 1.807) is 36.4 Å². The number of carboxylic acids is 1. The van der Waals surface area contributed by atoms with Gasteiger partial charge in [-0.1, -0.05) is 19.1 Å². The van der Waals surface area contributed by atoms with Crippen molar-refractivity contribution in [2.45, 2.75) is 26.8 Å². The van der Waals surface area contributed by atoms with Crippen molar-refractivity contribution in [2.75, 3.05) is 16.2 Å². The van der Waals surface area contributed by atoms with E-state index in [-0.39, 0.29) is 11.3 Å². The third kappa shape index (κ3) is 3.68. The number of hydrogen-bond acceptors (Lipinski definition) is 4. The van der Waals surface area contributed by atoms with Crippen molar-refractivity contribution in [2.24, 2.45) is 0 Å². The molecule has 3 aromatic rings. The third-order valence-electron chi connectivity index (χ3n) is 4.57. The van der Waals surface area contributed by atoms with Crippen LogP contribution in [0.5, 0.6) is 0 Å². The molecule has 8 heteroatoms. The quantitative estimate of drug-likeness (QED) is 0.558. The number of sulfonamides is 1. The number of hydrogen-bond donors (Lipinski definition) is 3. The Bertz CT molecular complexity index is 1130. The summed E-state index contributed by atoms with van der Waals surface area (Å²) in [5.74, 6) is -0.924. The highest BCUT2D eigenvalue weighted by Crippen LogP contribution is 2.37. The Morgan fingerprint density at radius 3 is 2.39 bits per heavy atom. The molecule has 0 aliphatic carbocycles. The van der Waals surface area contributed by atoms with Crippen LogP contribution in [-0.2, 0) is 16.6 Å². The van der Waals surface area contributed by atoms with E-state index in [0.29, 0.717) is 24.3 Å². The number of carbonyl (C=O) groups is 1. The molecule has 0 atom stereocenters. The number of carboxylic acid groups (broad SMARTS) is 1. The molecule has 3 rings (SSSR count). The summed E-state index contributed by atoms with van der Waals surface area (Å²) in [6.45, 7) is 4.38. The smallest absolute Gasteiger partial charge is 0.335 e. The van der Waals surface area contributed by atoms with Crippen molar-refractivity contribution in [3.63, 3.8) is 0 Å². The maximum atomic E-state index is 11.9. The molecule has 0 radical (unpaired) electrons. The Balaban J connectivity index is 2.06. The van der Waals surface area contributed by atoms with Gasteiger partial charge in [0.1, 0.15) is 0 Å². The molecule has 0 saturated heterocycles. The van der Waals surface area contributed by atoms with E-state index >= 15 is 0 Å². The van der Waals surface area contributed by atoms with Gasteiger partial charge in [0.2, 0.25) is 10.0 Å². The fourth-order valence-electron chi connectivity index (χ4n) is 3.34. The van der Waals surface area contributed by atoms with Gasteiger partial charge in [0, 0.05) is 23.2 Å². The van der Waals surface area contributed by atoms with Gasteiger partial charge in [-0.3, -0.25) is 4.72 Å². The molecular weight excluding hydrogens is 378 g/mol. The van der Waals surface area contributed by atoms with Gasteiger partial charge < -0.3 is 15.4 Å². The summed E-state index contributed by atoms with van der Waals surface area (Å²) in [7, 11) is -3.35. The second-order valence-corrected chi connectivity index (χ2v) is 8.38. The zero-order valence-corrected chi connectivity index (χ0v) is 16.6. The molecule has 148 valence electrons. The highest BCUT2D eigenvalue weighted by molar-refractivity contribution is 7.92. The number of nitrogens with two attached hydrogens (primary N) is 1.